The van der Waals surface area contributed by atoms with E-state index in [4.69, 9.17) is 4.74 Å². The van der Waals surface area contributed by atoms with Gasteiger partial charge in [-0.05, 0) is 118 Å². The van der Waals surface area contributed by atoms with Crippen LogP contribution in [0.3, 0.4) is 0 Å². The number of Topliss-reactive ketones (excluding diaryl/α,β-unsaturated/α-hetero) is 1. The fraction of sp³-hybridized carbons (Fsp3) is 0.578. The molecular formula is C45H63N5O8. The van der Waals surface area contributed by atoms with E-state index in [-0.39, 0.29) is 66.2 Å². The smallest absolute Gasteiger partial charge is 0.411 e. The van der Waals surface area contributed by atoms with E-state index in [0.29, 0.717) is 68.3 Å². The van der Waals surface area contributed by atoms with Gasteiger partial charge in [0.1, 0.15) is 17.7 Å². The molecule has 0 spiro atoms. The lowest BCUT2D eigenvalue weighted by Crippen LogP contribution is -2.57. The predicted octanol–water partition coefficient (Wildman–Crippen LogP) is 5.28. The van der Waals surface area contributed by atoms with Crippen LogP contribution in [0.25, 0.3) is 0 Å². The normalized spacial score (nSPS) is 20.8. The van der Waals surface area contributed by atoms with Crippen molar-refractivity contribution < 1.29 is 38.3 Å². The summed E-state index contributed by atoms with van der Waals surface area (Å²) in [6.45, 7) is 15.1. The molecule has 1 aromatic carbocycles. The van der Waals surface area contributed by atoms with Crippen LogP contribution < -0.4 is 16.0 Å². The first kappa shape index (κ1) is 45.6. The summed E-state index contributed by atoms with van der Waals surface area (Å²) in [5, 5.41) is 8.67. The lowest BCUT2D eigenvalue weighted by atomic mass is 9.89. The van der Waals surface area contributed by atoms with Gasteiger partial charge in [-0.25, -0.2) is 4.79 Å². The number of nitrogens with one attached hydrogen (secondary N) is 3. The minimum absolute atomic E-state index is 0.00194. The van der Waals surface area contributed by atoms with E-state index >= 15 is 0 Å². The zero-order chi connectivity index (χ0) is 42.7. The molecule has 5 amide bonds. The first-order chi connectivity index (χ1) is 27.4. The van der Waals surface area contributed by atoms with Crippen molar-refractivity contribution >= 4 is 41.3 Å². The maximum atomic E-state index is 14.3. The highest BCUT2D eigenvalue weighted by Gasteiger charge is 2.41. The summed E-state index contributed by atoms with van der Waals surface area (Å²) in [6, 6.07) is 7.71. The second kappa shape index (κ2) is 20.6. The summed E-state index contributed by atoms with van der Waals surface area (Å²) in [5.41, 5.74) is 1.50. The third-order valence-corrected chi connectivity index (χ3v) is 10.8. The van der Waals surface area contributed by atoms with Gasteiger partial charge in [0.25, 0.3) is 0 Å². The number of carbonyl (C=O) groups is 7. The zero-order valence-corrected chi connectivity index (χ0v) is 35.5. The predicted molar refractivity (Wildman–Crippen MR) is 221 cm³/mol. The molecule has 13 heteroatoms. The van der Waals surface area contributed by atoms with Gasteiger partial charge >= 0.3 is 6.09 Å². The van der Waals surface area contributed by atoms with Gasteiger partial charge in [-0.2, -0.15) is 0 Å². The third kappa shape index (κ3) is 12.7. The number of unbranched alkanes of at least 4 members (excludes halogenated alkanes) is 1. The molecule has 3 aliphatic rings. The van der Waals surface area contributed by atoms with Crippen molar-refractivity contribution in [1.82, 2.24) is 25.8 Å². The molecule has 1 aliphatic carbocycles. The second-order valence-electron chi connectivity index (χ2n) is 17.1. The Bertz CT molecular complexity index is 1790. The van der Waals surface area contributed by atoms with Gasteiger partial charge in [0.2, 0.25) is 23.6 Å². The number of benzene rings is 1. The number of amides is 5. The number of hydrogen-bond donors (Lipinski definition) is 3. The standard InChI is InChI=1S/C45H63N5O8/c1-28(2)47-41(54)36(17-12-13-23-46-39(52)22-20-33-27-38(51)30(4)31(5)40(33)53)48-42(55)37-18-14-24-49(37)43(56)34(26-32-15-10-9-11-16-32)19-21-35-25-29(3)50(35)44(57)58-45(6,7)8/h9-11,15-16,19,21,27-29,34-37H,12-14,17-18,20,22-26H2,1-8H3,(H,46,52)(H,47,54)(H,48,55)/b21-19+/t29?,34-,35-,36+,37+/m1/s1. The van der Waals surface area contributed by atoms with Crippen LogP contribution in [0.1, 0.15) is 112 Å². The maximum absolute atomic E-state index is 14.3. The van der Waals surface area contributed by atoms with Crippen LogP contribution >= 0.6 is 0 Å². The van der Waals surface area contributed by atoms with Gasteiger partial charge in [0.05, 0.1) is 12.0 Å². The lowest BCUT2D eigenvalue weighted by Gasteiger charge is -2.45. The van der Waals surface area contributed by atoms with E-state index in [1.807, 2.05) is 84.0 Å². The molecule has 1 unspecified atom stereocenters. The Hall–Kier alpha value is -5.07. The highest BCUT2D eigenvalue weighted by atomic mass is 16.6. The minimum Gasteiger partial charge on any atom is -0.444 e. The molecular weight excluding hydrogens is 739 g/mol. The van der Waals surface area contributed by atoms with Crippen LogP contribution in [0, 0.1) is 5.92 Å². The van der Waals surface area contributed by atoms with Crippen LogP contribution in [0.2, 0.25) is 0 Å². The first-order valence-electron chi connectivity index (χ1n) is 20.7. The van der Waals surface area contributed by atoms with Crippen molar-refractivity contribution in [3.8, 4) is 0 Å². The molecule has 58 heavy (non-hydrogen) atoms. The molecule has 2 saturated heterocycles. The topological polar surface area (TPSA) is 171 Å². The number of carbonyl (C=O) groups excluding carboxylic acids is 7. The monoisotopic (exact) mass is 801 g/mol. The number of likely N-dealkylation sites (tertiary alicyclic amines) is 2. The summed E-state index contributed by atoms with van der Waals surface area (Å²) in [7, 11) is 0. The highest BCUT2D eigenvalue weighted by Crippen LogP contribution is 2.30. The molecule has 3 N–H and O–H groups in total. The number of hydrogen-bond acceptors (Lipinski definition) is 8. The van der Waals surface area contributed by atoms with Crippen LogP contribution in [0.15, 0.2) is 65.3 Å². The Balaban J connectivity index is 1.36. The fourth-order valence-electron chi connectivity index (χ4n) is 7.52. The average Bonchev–Trinajstić information content (AvgIpc) is 3.64. The molecule has 4 rings (SSSR count). The molecule has 13 nitrogen and oxygen atoms in total. The quantitative estimate of drug-likeness (QED) is 0.109. The number of rotatable bonds is 17. The molecule has 0 bridgehead atoms. The summed E-state index contributed by atoms with van der Waals surface area (Å²) >= 11 is 0. The lowest BCUT2D eigenvalue weighted by molar-refractivity contribution is -0.141. The molecule has 0 saturated carbocycles. The summed E-state index contributed by atoms with van der Waals surface area (Å²) in [5.74, 6) is -2.16. The molecule has 0 aromatic heterocycles. The van der Waals surface area contributed by atoms with Crippen molar-refractivity contribution in [2.24, 2.45) is 5.92 Å². The molecule has 1 aromatic rings. The Labute approximate surface area is 343 Å². The summed E-state index contributed by atoms with van der Waals surface area (Å²) < 4.78 is 5.64. The van der Waals surface area contributed by atoms with Crippen LogP contribution in [-0.2, 0) is 39.9 Å². The largest absolute Gasteiger partial charge is 0.444 e. The second-order valence-corrected chi connectivity index (χ2v) is 17.1. The summed E-state index contributed by atoms with van der Waals surface area (Å²) in [6.07, 6.45) is 8.56. The number of ketones is 2. The van der Waals surface area contributed by atoms with E-state index in [0.717, 1.165) is 12.0 Å². The average molecular weight is 802 g/mol. The Morgan fingerprint density at radius 1 is 0.983 bits per heavy atom. The van der Waals surface area contributed by atoms with Crippen molar-refractivity contribution in [3.63, 3.8) is 0 Å². The molecule has 0 radical (unpaired) electrons. The van der Waals surface area contributed by atoms with E-state index in [1.165, 1.54) is 6.08 Å². The highest BCUT2D eigenvalue weighted by molar-refractivity contribution is 6.22. The van der Waals surface area contributed by atoms with E-state index in [1.54, 1.807) is 23.6 Å². The van der Waals surface area contributed by atoms with Crippen molar-refractivity contribution in [3.05, 3.63) is 70.8 Å². The van der Waals surface area contributed by atoms with Crippen LogP contribution in [0.5, 0.6) is 0 Å². The summed E-state index contributed by atoms with van der Waals surface area (Å²) in [4.78, 5) is 95.0. The maximum Gasteiger partial charge on any atom is 0.411 e. The fourth-order valence-corrected chi connectivity index (χ4v) is 7.52. The molecule has 2 fully saturated rings. The molecule has 316 valence electrons. The first-order valence-corrected chi connectivity index (χ1v) is 20.7. The van der Waals surface area contributed by atoms with Gasteiger partial charge in [-0.1, -0.05) is 42.5 Å². The Morgan fingerprint density at radius 3 is 2.34 bits per heavy atom. The van der Waals surface area contributed by atoms with Crippen molar-refractivity contribution in [1.29, 1.82) is 0 Å². The Morgan fingerprint density at radius 2 is 1.69 bits per heavy atom. The number of nitrogens with zero attached hydrogens (tertiary/aromatic N) is 2. The van der Waals surface area contributed by atoms with Gasteiger partial charge in [-0.15, -0.1) is 0 Å². The minimum atomic E-state index is -0.843. The Kier molecular flexibility index (Phi) is 16.2. The van der Waals surface area contributed by atoms with Gasteiger partial charge in [-0.3, -0.25) is 33.7 Å². The number of ether oxygens (including phenoxy) is 1. The molecule has 2 aliphatic heterocycles. The van der Waals surface area contributed by atoms with Gasteiger partial charge in [0, 0.05) is 48.3 Å². The van der Waals surface area contributed by atoms with Crippen molar-refractivity contribution in [2.45, 2.75) is 149 Å². The van der Waals surface area contributed by atoms with E-state index < -0.39 is 29.7 Å². The zero-order valence-electron chi connectivity index (χ0n) is 35.5. The van der Waals surface area contributed by atoms with Crippen molar-refractivity contribution in [2.75, 3.05) is 13.1 Å². The van der Waals surface area contributed by atoms with Crippen LogP contribution in [-0.4, -0.2) is 100.0 Å². The number of allylic oxidation sites excluding steroid dienone is 4. The van der Waals surface area contributed by atoms with E-state index in [2.05, 4.69) is 16.0 Å². The van der Waals surface area contributed by atoms with Crippen LogP contribution in [0.4, 0.5) is 4.79 Å². The van der Waals surface area contributed by atoms with E-state index in [9.17, 15) is 33.6 Å². The van der Waals surface area contributed by atoms with Gasteiger partial charge in [0.15, 0.2) is 11.6 Å². The SMILES string of the molecule is CC1=C(C)C(=O)C(CCC(=O)NCCCC[C@H](NC(=O)[C@@H]2CCCN2C(=O)[C@H](/C=C/[C@@H]2CC(C)N2C(=O)OC(C)(C)C)Cc2ccccc2)C(=O)NC(C)C)=CC1=O. The molecule has 2 heterocycles. The third-order valence-electron chi connectivity index (χ3n) is 10.8. The van der Waals surface area contributed by atoms with Gasteiger partial charge < -0.3 is 25.6 Å². The molecule has 5 atom stereocenters.